The molecule has 0 unspecified atom stereocenters. The Balaban J connectivity index is 1.51. The molecule has 0 amide bonds. The summed E-state index contributed by atoms with van der Waals surface area (Å²) in [5.74, 6) is 0.685. The third-order valence-corrected chi connectivity index (χ3v) is 4.45. The first-order valence-corrected chi connectivity index (χ1v) is 8.22. The molecule has 122 valence electrons. The SMILES string of the molecule is C[C@@H]1CN(Cc2cnc(NCc3ccccc3)nc2)CCN1C. The molecular weight excluding hydrogens is 286 g/mol. The molecule has 1 aromatic carbocycles. The summed E-state index contributed by atoms with van der Waals surface area (Å²) < 4.78 is 0. The number of hydrogen-bond acceptors (Lipinski definition) is 5. The Morgan fingerprint density at radius 3 is 2.52 bits per heavy atom. The Bertz CT molecular complexity index is 599. The van der Waals surface area contributed by atoms with Gasteiger partial charge in [0, 0.05) is 56.7 Å². The van der Waals surface area contributed by atoms with Crippen LogP contribution in [0.1, 0.15) is 18.1 Å². The van der Waals surface area contributed by atoms with Crippen LogP contribution < -0.4 is 5.32 Å². The van der Waals surface area contributed by atoms with Crippen LogP contribution in [0.25, 0.3) is 0 Å². The van der Waals surface area contributed by atoms with Crippen LogP contribution in [0, 0.1) is 0 Å². The second-order valence-electron chi connectivity index (χ2n) is 6.32. The monoisotopic (exact) mass is 311 g/mol. The van der Waals surface area contributed by atoms with Crippen LogP contribution in [0.15, 0.2) is 42.7 Å². The molecule has 1 atom stereocenters. The van der Waals surface area contributed by atoms with Crippen LogP contribution >= 0.6 is 0 Å². The number of benzene rings is 1. The average Bonchev–Trinajstić information content (AvgIpc) is 2.58. The normalized spacial score (nSPS) is 19.7. The van der Waals surface area contributed by atoms with Gasteiger partial charge in [-0.25, -0.2) is 9.97 Å². The predicted octanol–water partition coefficient (Wildman–Crippen LogP) is 2.22. The summed E-state index contributed by atoms with van der Waals surface area (Å²) in [7, 11) is 2.19. The van der Waals surface area contributed by atoms with Gasteiger partial charge in [0.25, 0.3) is 0 Å². The summed E-state index contributed by atoms with van der Waals surface area (Å²) >= 11 is 0. The largest absolute Gasteiger partial charge is 0.350 e. The van der Waals surface area contributed by atoms with Gasteiger partial charge in [-0.15, -0.1) is 0 Å². The maximum atomic E-state index is 4.43. The Morgan fingerprint density at radius 1 is 1.09 bits per heavy atom. The molecule has 5 heteroatoms. The number of aromatic nitrogens is 2. The van der Waals surface area contributed by atoms with Crippen molar-refractivity contribution in [2.24, 2.45) is 0 Å². The van der Waals surface area contributed by atoms with Crippen molar-refractivity contribution in [3.63, 3.8) is 0 Å². The van der Waals surface area contributed by atoms with Gasteiger partial charge in [-0.05, 0) is 19.5 Å². The Labute approximate surface area is 138 Å². The van der Waals surface area contributed by atoms with E-state index in [4.69, 9.17) is 0 Å². The number of rotatable bonds is 5. The molecule has 2 heterocycles. The van der Waals surface area contributed by atoms with E-state index in [0.29, 0.717) is 12.0 Å². The second-order valence-corrected chi connectivity index (χ2v) is 6.32. The van der Waals surface area contributed by atoms with Gasteiger partial charge in [0.05, 0.1) is 0 Å². The van der Waals surface area contributed by atoms with Gasteiger partial charge in [0.15, 0.2) is 0 Å². The zero-order chi connectivity index (χ0) is 16.1. The second kappa shape index (κ2) is 7.53. The first kappa shape index (κ1) is 15.9. The lowest BCUT2D eigenvalue weighted by Gasteiger charge is -2.37. The minimum absolute atomic E-state index is 0.608. The van der Waals surface area contributed by atoms with Gasteiger partial charge in [0.1, 0.15) is 0 Å². The molecular formula is C18H25N5. The van der Waals surface area contributed by atoms with Crippen molar-refractivity contribution >= 4 is 5.95 Å². The van der Waals surface area contributed by atoms with Gasteiger partial charge in [-0.1, -0.05) is 30.3 Å². The van der Waals surface area contributed by atoms with Crippen molar-refractivity contribution in [3.8, 4) is 0 Å². The molecule has 1 fully saturated rings. The van der Waals surface area contributed by atoms with E-state index < -0.39 is 0 Å². The van der Waals surface area contributed by atoms with Crippen molar-refractivity contribution in [3.05, 3.63) is 53.9 Å². The lowest BCUT2D eigenvalue weighted by atomic mass is 10.2. The highest BCUT2D eigenvalue weighted by molar-refractivity contribution is 5.27. The lowest BCUT2D eigenvalue weighted by molar-refractivity contribution is 0.0998. The Kier molecular flexibility index (Phi) is 5.20. The quantitative estimate of drug-likeness (QED) is 0.917. The molecule has 1 N–H and O–H groups in total. The van der Waals surface area contributed by atoms with Crippen molar-refractivity contribution in [1.82, 2.24) is 19.8 Å². The van der Waals surface area contributed by atoms with E-state index in [-0.39, 0.29) is 0 Å². The van der Waals surface area contributed by atoms with E-state index in [0.717, 1.165) is 32.7 Å². The van der Waals surface area contributed by atoms with Gasteiger partial charge < -0.3 is 10.2 Å². The molecule has 0 bridgehead atoms. The Hall–Kier alpha value is -1.98. The fourth-order valence-electron chi connectivity index (χ4n) is 2.83. The highest BCUT2D eigenvalue weighted by atomic mass is 15.3. The predicted molar refractivity (Wildman–Crippen MR) is 93.2 cm³/mol. The van der Waals surface area contributed by atoms with E-state index in [1.165, 1.54) is 11.1 Å². The van der Waals surface area contributed by atoms with E-state index in [2.05, 4.69) is 51.2 Å². The number of nitrogens with one attached hydrogen (secondary N) is 1. The van der Waals surface area contributed by atoms with Crippen molar-refractivity contribution in [2.45, 2.75) is 26.1 Å². The summed E-state index contributed by atoms with van der Waals surface area (Å²) in [5.41, 5.74) is 2.40. The van der Waals surface area contributed by atoms with Crippen LogP contribution in [0.3, 0.4) is 0 Å². The van der Waals surface area contributed by atoms with Crippen molar-refractivity contribution in [2.75, 3.05) is 32.0 Å². The summed E-state index contributed by atoms with van der Waals surface area (Å²) in [6.45, 7) is 7.28. The fraction of sp³-hybridized carbons (Fsp3) is 0.444. The molecule has 1 aliphatic rings. The number of nitrogens with zero attached hydrogens (tertiary/aromatic N) is 4. The van der Waals surface area contributed by atoms with Gasteiger partial charge >= 0.3 is 0 Å². The van der Waals surface area contributed by atoms with Crippen LogP contribution in [0.2, 0.25) is 0 Å². The van der Waals surface area contributed by atoms with Gasteiger partial charge in [-0.3, -0.25) is 4.90 Å². The fourth-order valence-corrected chi connectivity index (χ4v) is 2.83. The van der Waals surface area contributed by atoms with Gasteiger partial charge in [-0.2, -0.15) is 0 Å². The average molecular weight is 311 g/mol. The van der Waals surface area contributed by atoms with E-state index >= 15 is 0 Å². The molecule has 1 saturated heterocycles. The number of piperazine rings is 1. The summed E-state index contributed by atoms with van der Waals surface area (Å²) in [5, 5.41) is 3.26. The molecule has 0 radical (unpaired) electrons. The molecule has 3 rings (SSSR count). The lowest BCUT2D eigenvalue weighted by Crippen LogP contribution is -2.49. The minimum atomic E-state index is 0.608. The van der Waals surface area contributed by atoms with Crippen LogP contribution in [-0.2, 0) is 13.1 Å². The van der Waals surface area contributed by atoms with Crippen LogP contribution in [-0.4, -0.2) is 52.5 Å². The third kappa shape index (κ3) is 4.50. The topological polar surface area (TPSA) is 44.3 Å². The first-order valence-electron chi connectivity index (χ1n) is 8.22. The molecule has 0 saturated carbocycles. The molecule has 23 heavy (non-hydrogen) atoms. The van der Waals surface area contributed by atoms with Gasteiger partial charge in [0.2, 0.25) is 5.95 Å². The van der Waals surface area contributed by atoms with Crippen molar-refractivity contribution in [1.29, 1.82) is 0 Å². The first-order chi connectivity index (χ1) is 11.2. The molecule has 1 aliphatic heterocycles. The summed E-state index contributed by atoms with van der Waals surface area (Å²) in [6.07, 6.45) is 3.87. The maximum Gasteiger partial charge on any atom is 0.222 e. The van der Waals surface area contributed by atoms with Crippen LogP contribution in [0.5, 0.6) is 0 Å². The molecule has 1 aromatic heterocycles. The van der Waals surface area contributed by atoms with Crippen molar-refractivity contribution < 1.29 is 0 Å². The van der Waals surface area contributed by atoms with Crippen LogP contribution in [0.4, 0.5) is 5.95 Å². The standard InChI is InChI=1S/C18H25N5/c1-15-13-23(9-8-22(15)2)14-17-11-20-18(21-12-17)19-10-16-6-4-3-5-7-16/h3-7,11-12,15H,8-10,13-14H2,1-2H3,(H,19,20,21)/t15-/m1/s1. The third-order valence-electron chi connectivity index (χ3n) is 4.45. The van der Waals surface area contributed by atoms with E-state index in [1.54, 1.807) is 0 Å². The number of likely N-dealkylation sites (N-methyl/N-ethyl adjacent to an activating group) is 1. The smallest absolute Gasteiger partial charge is 0.222 e. The molecule has 0 spiro atoms. The van der Waals surface area contributed by atoms with E-state index in [9.17, 15) is 0 Å². The zero-order valence-corrected chi connectivity index (χ0v) is 13.9. The number of hydrogen-bond donors (Lipinski definition) is 1. The molecule has 5 nitrogen and oxygen atoms in total. The zero-order valence-electron chi connectivity index (χ0n) is 13.9. The summed E-state index contributed by atoms with van der Waals surface area (Å²) in [4.78, 5) is 13.7. The number of anilines is 1. The highest BCUT2D eigenvalue weighted by Crippen LogP contribution is 2.11. The van der Waals surface area contributed by atoms with E-state index in [1.807, 2.05) is 30.6 Å². The Morgan fingerprint density at radius 2 is 1.83 bits per heavy atom. The maximum absolute atomic E-state index is 4.43. The highest BCUT2D eigenvalue weighted by Gasteiger charge is 2.20. The summed E-state index contributed by atoms with van der Waals surface area (Å²) in [6, 6.07) is 10.9. The minimum Gasteiger partial charge on any atom is -0.350 e. The molecule has 0 aliphatic carbocycles. The molecule has 2 aromatic rings.